The van der Waals surface area contributed by atoms with Crippen molar-refractivity contribution in [3.8, 4) is 11.5 Å². The van der Waals surface area contributed by atoms with Gasteiger partial charge < -0.3 is 20.5 Å². The summed E-state index contributed by atoms with van der Waals surface area (Å²) in [7, 11) is 3.34. The fraction of sp³-hybridized carbons (Fsp3) is 0.269. The van der Waals surface area contributed by atoms with Crippen molar-refractivity contribution in [1.29, 1.82) is 0 Å². The van der Waals surface area contributed by atoms with E-state index in [9.17, 15) is 4.79 Å². The summed E-state index contributed by atoms with van der Waals surface area (Å²) in [6, 6.07) is 17.0. The van der Waals surface area contributed by atoms with Crippen molar-refractivity contribution in [2.24, 2.45) is 0 Å². The minimum Gasteiger partial charge on any atom is -0.493 e. The lowest BCUT2D eigenvalue weighted by atomic mass is 9.98. The van der Waals surface area contributed by atoms with Crippen LogP contribution in [0.25, 0.3) is 0 Å². The van der Waals surface area contributed by atoms with Crippen molar-refractivity contribution < 1.29 is 14.3 Å². The van der Waals surface area contributed by atoms with Gasteiger partial charge in [0.2, 0.25) is 0 Å². The summed E-state index contributed by atoms with van der Waals surface area (Å²) < 4.78 is 10.9. The number of nitrogens with two attached hydrogens (primary N) is 1. The van der Waals surface area contributed by atoms with Gasteiger partial charge in [-0.3, -0.25) is 9.69 Å². The molecule has 7 heteroatoms. The molecule has 172 valence electrons. The number of ether oxygens (including phenoxy) is 2. The number of hydrogen-bond donors (Lipinski definition) is 2. The van der Waals surface area contributed by atoms with Gasteiger partial charge in [0.25, 0.3) is 5.91 Å². The monoisotopic (exact) mass is 465 g/mol. The molecule has 1 aliphatic heterocycles. The van der Waals surface area contributed by atoms with Crippen molar-refractivity contribution in [2.75, 3.05) is 38.4 Å². The van der Waals surface area contributed by atoms with Crippen LogP contribution in [0.5, 0.6) is 11.5 Å². The molecule has 0 radical (unpaired) electrons. The van der Waals surface area contributed by atoms with Crippen LogP contribution >= 0.6 is 11.6 Å². The molecule has 0 saturated heterocycles. The highest BCUT2D eigenvalue weighted by Crippen LogP contribution is 2.33. The first-order chi connectivity index (χ1) is 16.0. The summed E-state index contributed by atoms with van der Waals surface area (Å²) in [5.41, 5.74) is 11.2. The maximum absolute atomic E-state index is 12.5. The quantitative estimate of drug-likeness (QED) is 0.490. The molecule has 3 aromatic rings. The topological polar surface area (TPSA) is 76.8 Å². The number of fused-ring (bicyclic) bond motifs is 1. The third kappa shape index (κ3) is 5.41. The number of rotatable bonds is 7. The molecular formula is C26H28ClN3O3. The van der Waals surface area contributed by atoms with Crippen LogP contribution < -0.4 is 20.5 Å². The zero-order valence-electron chi connectivity index (χ0n) is 18.9. The zero-order chi connectivity index (χ0) is 23.4. The highest BCUT2D eigenvalue weighted by atomic mass is 35.5. The zero-order valence-corrected chi connectivity index (χ0v) is 19.6. The normalized spacial score (nSPS) is 13.3. The number of carbonyl (C=O) groups excluding carboxylic acids is 1. The Hall–Kier alpha value is -3.22. The third-order valence-corrected chi connectivity index (χ3v) is 6.22. The first-order valence-electron chi connectivity index (χ1n) is 10.9. The molecule has 0 saturated carbocycles. The van der Waals surface area contributed by atoms with E-state index >= 15 is 0 Å². The molecule has 3 N–H and O–H groups in total. The second kappa shape index (κ2) is 10.1. The number of amides is 1. The van der Waals surface area contributed by atoms with Crippen LogP contribution in [0.15, 0.2) is 54.6 Å². The molecule has 0 aliphatic carbocycles. The number of hydrogen-bond acceptors (Lipinski definition) is 5. The Morgan fingerprint density at radius 3 is 2.39 bits per heavy atom. The molecular weight excluding hydrogens is 438 g/mol. The van der Waals surface area contributed by atoms with Crippen molar-refractivity contribution in [3.05, 3.63) is 81.9 Å². The summed E-state index contributed by atoms with van der Waals surface area (Å²) in [5.74, 6) is 1.31. The van der Waals surface area contributed by atoms with Crippen LogP contribution in [-0.4, -0.2) is 38.1 Å². The first kappa shape index (κ1) is 23.0. The fourth-order valence-electron chi connectivity index (χ4n) is 4.11. The van der Waals surface area contributed by atoms with Gasteiger partial charge in [0.05, 0.1) is 19.8 Å². The molecule has 1 heterocycles. The standard InChI is InChI=1S/C26H28ClN3O3/c1-32-24-13-18-10-12-30(16-19(18)14-25(24)33-2)11-9-17-3-6-21(7-4-17)29-26(31)22-8-5-20(27)15-23(22)28/h3-8,13-15H,9-12,16,28H2,1-2H3,(H,29,31). The average Bonchev–Trinajstić information content (AvgIpc) is 2.82. The van der Waals surface area contributed by atoms with Crippen molar-refractivity contribution >= 4 is 28.9 Å². The van der Waals surface area contributed by atoms with Crippen LogP contribution in [0.1, 0.15) is 27.0 Å². The van der Waals surface area contributed by atoms with Gasteiger partial charge in [-0.05, 0) is 72.0 Å². The number of nitrogen functional groups attached to an aromatic ring is 1. The van der Waals surface area contributed by atoms with Gasteiger partial charge in [0, 0.05) is 36.0 Å². The van der Waals surface area contributed by atoms with E-state index in [1.165, 1.54) is 16.7 Å². The van der Waals surface area contributed by atoms with Crippen molar-refractivity contribution in [2.45, 2.75) is 19.4 Å². The molecule has 1 amide bonds. The molecule has 0 aromatic heterocycles. The lowest BCUT2D eigenvalue weighted by Gasteiger charge is -2.29. The SMILES string of the molecule is COc1cc2c(cc1OC)CN(CCc1ccc(NC(=O)c3ccc(Cl)cc3N)cc1)CC2. The second-order valence-corrected chi connectivity index (χ2v) is 8.57. The van der Waals surface area contributed by atoms with Crippen LogP contribution in [-0.2, 0) is 19.4 Å². The van der Waals surface area contributed by atoms with Crippen LogP contribution in [0.4, 0.5) is 11.4 Å². The summed E-state index contributed by atoms with van der Waals surface area (Å²) in [6.07, 6.45) is 1.93. The molecule has 4 rings (SSSR count). The van der Waals surface area contributed by atoms with E-state index in [0.717, 1.165) is 49.7 Å². The summed E-state index contributed by atoms with van der Waals surface area (Å²) >= 11 is 5.91. The number of carbonyl (C=O) groups is 1. The molecule has 33 heavy (non-hydrogen) atoms. The van der Waals surface area contributed by atoms with Crippen molar-refractivity contribution in [3.63, 3.8) is 0 Å². The van der Waals surface area contributed by atoms with E-state index in [2.05, 4.69) is 22.3 Å². The second-order valence-electron chi connectivity index (χ2n) is 8.13. The maximum atomic E-state index is 12.5. The Balaban J connectivity index is 1.33. The highest BCUT2D eigenvalue weighted by molar-refractivity contribution is 6.31. The average molecular weight is 466 g/mol. The minimum absolute atomic E-state index is 0.254. The van der Waals surface area contributed by atoms with Gasteiger partial charge in [-0.15, -0.1) is 0 Å². The van der Waals surface area contributed by atoms with Crippen LogP contribution in [0.2, 0.25) is 5.02 Å². The molecule has 0 atom stereocenters. The predicted octanol–water partition coefficient (Wildman–Crippen LogP) is 4.79. The largest absolute Gasteiger partial charge is 0.493 e. The van der Waals surface area contributed by atoms with E-state index in [0.29, 0.717) is 16.3 Å². The number of nitrogens with one attached hydrogen (secondary N) is 1. The summed E-state index contributed by atoms with van der Waals surface area (Å²) in [4.78, 5) is 14.9. The first-order valence-corrected chi connectivity index (χ1v) is 11.3. The molecule has 0 fully saturated rings. The molecule has 0 unspecified atom stereocenters. The molecule has 0 bridgehead atoms. The molecule has 3 aromatic carbocycles. The Labute approximate surface area is 199 Å². The predicted molar refractivity (Wildman–Crippen MR) is 132 cm³/mol. The fourth-order valence-corrected chi connectivity index (χ4v) is 4.29. The smallest absolute Gasteiger partial charge is 0.257 e. The Bertz CT molecular complexity index is 1150. The number of halogens is 1. The lowest BCUT2D eigenvalue weighted by Crippen LogP contribution is -2.32. The van der Waals surface area contributed by atoms with Gasteiger partial charge >= 0.3 is 0 Å². The Morgan fingerprint density at radius 1 is 1.03 bits per heavy atom. The molecule has 6 nitrogen and oxygen atoms in total. The van der Waals surface area contributed by atoms with Gasteiger partial charge in [-0.2, -0.15) is 0 Å². The number of nitrogens with zero attached hydrogens (tertiary/aromatic N) is 1. The van der Waals surface area contributed by atoms with E-state index < -0.39 is 0 Å². The Kier molecular flexibility index (Phi) is 7.06. The number of benzene rings is 3. The molecule has 0 spiro atoms. The summed E-state index contributed by atoms with van der Waals surface area (Å²) in [6.45, 7) is 2.87. The van der Waals surface area contributed by atoms with E-state index in [4.69, 9.17) is 26.8 Å². The van der Waals surface area contributed by atoms with Gasteiger partial charge in [-0.25, -0.2) is 0 Å². The van der Waals surface area contributed by atoms with E-state index in [1.54, 1.807) is 32.4 Å². The third-order valence-electron chi connectivity index (χ3n) is 5.98. The minimum atomic E-state index is -0.254. The highest BCUT2D eigenvalue weighted by Gasteiger charge is 2.19. The van der Waals surface area contributed by atoms with E-state index in [1.807, 2.05) is 24.3 Å². The molecule has 1 aliphatic rings. The Morgan fingerprint density at radius 2 is 1.73 bits per heavy atom. The number of methoxy groups -OCH3 is 2. The van der Waals surface area contributed by atoms with Crippen molar-refractivity contribution in [1.82, 2.24) is 4.90 Å². The van der Waals surface area contributed by atoms with Crippen LogP contribution in [0.3, 0.4) is 0 Å². The van der Waals surface area contributed by atoms with E-state index in [-0.39, 0.29) is 5.91 Å². The summed E-state index contributed by atoms with van der Waals surface area (Å²) in [5, 5.41) is 3.39. The van der Waals surface area contributed by atoms with Gasteiger partial charge in [0.15, 0.2) is 11.5 Å². The number of anilines is 2. The lowest BCUT2D eigenvalue weighted by molar-refractivity contribution is 0.102. The van der Waals surface area contributed by atoms with Crippen LogP contribution in [0, 0.1) is 0 Å². The maximum Gasteiger partial charge on any atom is 0.257 e. The van der Waals surface area contributed by atoms with Gasteiger partial charge in [0.1, 0.15) is 0 Å². The van der Waals surface area contributed by atoms with Gasteiger partial charge in [-0.1, -0.05) is 23.7 Å².